The second-order valence-electron chi connectivity index (χ2n) is 8.24. The molecule has 1 aromatic heterocycles. The standard InChI is InChI=1S/C26H27F2N5O.ClH/c27-21-10-8-18(13-22(21)28)19-9-11-24-23(14-19)32-25(26(34)31-15-20(30)7-4-12-29)33(24)16-17-5-2-1-3-6-17;/h1-3,5-6,8-11,13-14,20H,4,7,12,15-16,29-30H2,(H,31,34);1H/t20-;/m0./s1. The molecule has 0 radical (unpaired) electrons. The van der Waals surface area contributed by atoms with Gasteiger partial charge in [0.25, 0.3) is 5.91 Å². The van der Waals surface area contributed by atoms with Crippen LogP contribution in [0.25, 0.3) is 22.2 Å². The molecule has 4 aromatic rings. The van der Waals surface area contributed by atoms with E-state index >= 15 is 0 Å². The number of benzene rings is 3. The lowest BCUT2D eigenvalue weighted by atomic mass is 10.0. The average Bonchev–Trinajstić information content (AvgIpc) is 3.21. The molecule has 1 atom stereocenters. The van der Waals surface area contributed by atoms with Crippen LogP contribution in [0.3, 0.4) is 0 Å². The van der Waals surface area contributed by atoms with Gasteiger partial charge in [-0.05, 0) is 60.3 Å². The highest BCUT2D eigenvalue weighted by molar-refractivity contribution is 5.95. The van der Waals surface area contributed by atoms with Crippen molar-refractivity contribution < 1.29 is 27.4 Å². The number of amides is 1. The van der Waals surface area contributed by atoms with Crippen molar-refractivity contribution in [3.05, 3.63) is 89.8 Å². The summed E-state index contributed by atoms with van der Waals surface area (Å²) in [5, 5.41) is 2.88. The van der Waals surface area contributed by atoms with Gasteiger partial charge in [-0.2, -0.15) is 0 Å². The normalized spacial score (nSPS) is 11.8. The molecule has 9 heteroatoms. The summed E-state index contributed by atoms with van der Waals surface area (Å²) in [4.78, 5) is 17.7. The quantitative estimate of drug-likeness (QED) is 0.319. The Balaban J connectivity index is 0.00000228. The number of imidazole rings is 1. The maximum absolute atomic E-state index is 13.8. The van der Waals surface area contributed by atoms with Crippen LogP contribution in [0.1, 0.15) is 30.5 Å². The van der Waals surface area contributed by atoms with E-state index in [4.69, 9.17) is 11.5 Å². The SMILES string of the molecule is NCCC[C@H](N)CNC(=O)c1nc2cc(-c3ccc(F)c(F)c3)ccc2n1Cc1ccccc1.[Cl-].[H+]. The second-order valence-corrected chi connectivity index (χ2v) is 8.24. The van der Waals surface area contributed by atoms with E-state index in [2.05, 4.69) is 10.3 Å². The fraction of sp³-hybridized carbons (Fsp3) is 0.231. The number of carbonyl (C=O) groups excluding carboxylic acids is 1. The van der Waals surface area contributed by atoms with Gasteiger partial charge in [0, 0.05) is 19.1 Å². The number of fused-ring (bicyclic) bond motifs is 1. The number of nitrogens with zero attached hydrogens (tertiary/aromatic N) is 2. The maximum Gasteiger partial charge on any atom is 1.00 e. The van der Waals surface area contributed by atoms with Gasteiger partial charge in [0.15, 0.2) is 17.5 Å². The van der Waals surface area contributed by atoms with E-state index in [1.807, 2.05) is 47.0 Å². The van der Waals surface area contributed by atoms with Crippen LogP contribution in [-0.2, 0) is 6.54 Å². The molecule has 35 heavy (non-hydrogen) atoms. The van der Waals surface area contributed by atoms with E-state index in [9.17, 15) is 13.6 Å². The molecule has 1 heterocycles. The fourth-order valence-electron chi connectivity index (χ4n) is 3.87. The van der Waals surface area contributed by atoms with Gasteiger partial charge in [-0.3, -0.25) is 4.79 Å². The number of nitrogens with one attached hydrogen (secondary N) is 1. The molecule has 3 aromatic carbocycles. The van der Waals surface area contributed by atoms with Crippen molar-refractivity contribution in [1.29, 1.82) is 0 Å². The number of aromatic nitrogens is 2. The van der Waals surface area contributed by atoms with Crippen LogP contribution >= 0.6 is 0 Å². The molecule has 0 aliphatic carbocycles. The van der Waals surface area contributed by atoms with Crippen molar-refractivity contribution in [1.82, 2.24) is 14.9 Å². The van der Waals surface area contributed by atoms with Crippen LogP contribution in [0.4, 0.5) is 8.78 Å². The van der Waals surface area contributed by atoms with E-state index in [1.54, 1.807) is 6.07 Å². The number of hydrogen-bond acceptors (Lipinski definition) is 4. The van der Waals surface area contributed by atoms with Crippen molar-refractivity contribution in [3.8, 4) is 11.1 Å². The fourth-order valence-corrected chi connectivity index (χ4v) is 3.87. The lowest BCUT2D eigenvalue weighted by Crippen LogP contribution is -3.00. The maximum atomic E-state index is 13.8. The summed E-state index contributed by atoms with van der Waals surface area (Å²) in [6, 6.07) is 18.7. The second kappa shape index (κ2) is 11.9. The van der Waals surface area contributed by atoms with Gasteiger partial charge in [0.2, 0.25) is 0 Å². The molecule has 0 saturated carbocycles. The highest BCUT2D eigenvalue weighted by Crippen LogP contribution is 2.27. The van der Waals surface area contributed by atoms with Crippen LogP contribution in [-0.4, -0.2) is 34.6 Å². The Bertz CT molecular complexity index is 1300. The first kappa shape index (κ1) is 26.3. The minimum atomic E-state index is -0.918. The summed E-state index contributed by atoms with van der Waals surface area (Å²) in [5.41, 5.74) is 15.2. The molecule has 6 nitrogen and oxygen atoms in total. The zero-order chi connectivity index (χ0) is 24.1. The number of nitrogens with two attached hydrogens (primary N) is 2. The van der Waals surface area contributed by atoms with Crippen molar-refractivity contribution in [2.45, 2.75) is 25.4 Å². The average molecular weight is 500 g/mol. The summed E-state index contributed by atoms with van der Waals surface area (Å²) in [6.45, 7) is 1.31. The van der Waals surface area contributed by atoms with Gasteiger partial charge in [-0.1, -0.05) is 42.5 Å². The van der Waals surface area contributed by atoms with Gasteiger partial charge in [-0.15, -0.1) is 0 Å². The summed E-state index contributed by atoms with van der Waals surface area (Å²) in [6.07, 6.45) is 1.51. The van der Waals surface area contributed by atoms with Crippen LogP contribution in [0, 0.1) is 11.6 Å². The Morgan fingerprint density at radius 3 is 2.46 bits per heavy atom. The van der Waals surface area contributed by atoms with E-state index < -0.39 is 11.6 Å². The van der Waals surface area contributed by atoms with E-state index in [1.165, 1.54) is 6.07 Å². The van der Waals surface area contributed by atoms with E-state index in [0.29, 0.717) is 36.3 Å². The number of carbonyl (C=O) groups is 1. The predicted octanol–water partition coefficient (Wildman–Crippen LogP) is 0.942. The molecule has 0 bridgehead atoms. The molecule has 0 aliphatic rings. The highest BCUT2D eigenvalue weighted by Gasteiger charge is 2.19. The largest absolute Gasteiger partial charge is 1.00 e. The first-order valence-electron chi connectivity index (χ1n) is 11.2. The van der Waals surface area contributed by atoms with Gasteiger partial charge in [0.1, 0.15) is 0 Å². The third-order valence-electron chi connectivity index (χ3n) is 5.69. The topological polar surface area (TPSA) is 99.0 Å². The van der Waals surface area contributed by atoms with Crippen LogP contribution in [0.2, 0.25) is 0 Å². The van der Waals surface area contributed by atoms with Gasteiger partial charge < -0.3 is 33.8 Å². The lowest BCUT2D eigenvalue weighted by Gasteiger charge is -2.13. The smallest absolute Gasteiger partial charge is 1.00 e. The van der Waals surface area contributed by atoms with Crippen LogP contribution < -0.4 is 29.2 Å². The minimum absolute atomic E-state index is 0. The van der Waals surface area contributed by atoms with Crippen LogP contribution in [0.5, 0.6) is 0 Å². The molecule has 0 fully saturated rings. The molecule has 1 amide bonds. The third-order valence-corrected chi connectivity index (χ3v) is 5.69. The number of halogens is 3. The number of hydrogen-bond donors (Lipinski definition) is 3. The van der Waals surface area contributed by atoms with E-state index in [-0.39, 0.29) is 31.6 Å². The molecular formula is C26H28ClF2N5O. The Kier molecular flexibility index (Phi) is 8.92. The minimum Gasteiger partial charge on any atom is -1.00 e. The summed E-state index contributed by atoms with van der Waals surface area (Å²) < 4.78 is 29.0. The molecule has 0 unspecified atom stereocenters. The van der Waals surface area contributed by atoms with Crippen molar-refractivity contribution in [2.75, 3.05) is 13.1 Å². The highest BCUT2D eigenvalue weighted by atomic mass is 35.5. The molecule has 184 valence electrons. The Morgan fingerprint density at radius 2 is 1.74 bits per heavy atom. The summed E-state index contributed by atoms with van der Waals surface area (Å²) in [7, 11) is 0. The monoisotopic (exact) mass is 499 g/mol. The lowest BCUT2D eigenvalue weighted by molar-refractivity contribution is -0.0000162. The Labute approximate surface area is 210 Å². The number of rotatable bonds is 9. The predicted molar refractivity (Wildman–Crippen MR) is 130 cm³/mol. The Hall–Kier alpha value is -3.33. The Morgan fingerprint density at radius 1 is 1.03 bits per heavy atom. The molecule has 5 N–H and O–H groups in total. The molecule has 0 saturated heterocycles. The van der Waals surface area contributed by atoms with Crippen molar-refractivity contribution >= 4 is 16.9 Å². The zero-order valence-corrected chi connectivity index (χ0v) is 19.8. The van der Waals surface area contributed by atoms with E-state index in [0.717, 1.165) is 36.1 Å². The van der Waals surface area contributed by atoms with Crippen LogP contribution in [0.15, 0.2) is 66.7 Å². The van der Waals surface area contributed by atoms with Gasteiger partial charge in [0.05, 0.1) is 11.0 Å². The zero-order valence-electron chi connectivity index (χ0n) is 20.1. The van der Waals surface area contributed by atoms with Crippen molar-refractivity contribution in [2.24, 2.45) is 11.5 Å². The molecular weight excluding hydrogens is 472 g/mol. The third kappa shape index (κ3) is 6.22. The summed E-state index contributed by atoms with van der Waals surface area (Å²) >= 11 is 0. The van der Waals surface area contributed by atoms with Gasteiger partial charge in [-0.25, -0.2) is 13.8 Å². The molecule has 0 aliphatic heterocycles. The first-order chi connectivity index (χ1) is 16.5. The summed E-state index contributed by atoms with van der Waals surface area (Å²) in [5.74, 6) is -1.89. The molecule has 4 rings (SSSR count). The van der Waals surface area contributed by atoms with Gasteiger partial charge >= 0.3 is 1.43 Å². The van der Waals surface area contributed by atoms with Crippen molar-refractivity contribution in [3.63, 3.8) is 0 Å². The molecule has 0 spiro atoms. The first-order valence-corrected chi connectivity index (χ1v) is 11.2.